The summed E-state index contributed by atoms with van der Waals surface area (Å²) < 4.78 is 39.0. The number of aromatic nitrogens is 1. The minimum absolute atomic E-state index is 0.222. The smallest absolute Gasteiger partial charge is 0.385 e. The molecule has 0 saturated carbocycles. The Kier molecular flexibility index (Phi) is 5.11. The van der Waals surface area contributed by atoms with E-state index in [1.165, 1.54) is 12.1 Å². The lowest BCUT2D eigenvalue weighted by atomic mass is 9.83. The highest BCUT2D eigenvalue weighted by molar-refractivity contribution is 6.31. The summed E-state index contributed by atoms with van der Waals surface area (Å²) in [4.78, 5) is 4.89. The minimum atomic E-state index is -4.46. The molecule has 0 amide bonds. The number of aliphatic hydroxyl groups is 2. The van der Waals surface area contributed by atoms with Gasteiger partial charge in [0.25, 0.3) is 0 Å². The van der Waals surface area contributed by atoms with Gasteiger partial charge in [0, 0.05) is 40.8 Å². The van der Waals surface area contributed by atoms with Crippen molar-refractivity contribution in [1.82, 2.24) is 9.88 Å². The maximum Gasteiger partial charge on any atom is 0.416 e. The lowest BCUT2D eigenvalue weighted by Crippen LogP contribution is -2.44. The Morgan fingerprint density at radius 1 is 1.10 bits per heavy atom. The number of benzene rings is 2. The summed E-state index contributed by atoms with van der Waals surface area (Å²) in [5, 5.41) is 23.2. The molecule has 0 aliphatic carbocycles. The number of hydrogen-bond acceptors (Lipinski definition) is 3. The predicted octanol–water partition coefficient (Wildman–Crippen LogP) is 4.81. The molecule has 154 valence electrons. The molecule has 0 radical (unpaired) electrons. The zero-order valence-electron chi connectivity index (χ0n) is 15.4. The van der Waals surface area contributed by atoms with Gasteiger partial charge in [0.15, 0.2) is 0 Å². The normalized spacial score (nSPS) is 18.8. The number of piperidine rings is 1. The molecule has 1 aliphatic rings. The van der Waals surface area contributed by atoms with E-state index in [2.05, 4.69) is 4.98 Å². The summed E-state index contributed by atoms with van der Waals surface area (Å²) in [6.45, 7) is 0.683. The number of H-pyrrole nitrogens is 1. The largest absolute Gasteiger partial charge is 0.416 e. The highest BCUT2D eigenvalue weighted by Gasteiger charge is 2.38. The number of rotatable bonds is 3. The van der Waals surface area contributed by atoms with Crippen LogP contribution in [0.4, 0.5) is 13.2 Å². The molecule has 1 aliphatic heterocycles. The molecule has 29 heavy (non-hydrogen) atoms. The van der Waals surface area contributed by atoms with Crippen LogP contribution in [0.3, 0.4) is 0 Å². The van der Waals surface area contributed by atoms with Crippen LogP contribution in [-0.4, -0.2) is 33.2 Å². The number of nitrogens with one attached hydrogen (secondary N) is 1. The summed E-state index contributed by atoms with van der Waals surface area (Å²) >= 11 is 5.99. The standard InChI is InChI=1S/C21H20ClF3N2O2/c22-15-4-5-16-17(12-26-18(16)11-15)19(28)27-8-6-20(29,7-9-27)13-2-1-3-14(10-13)21(23,24)25/h1-5,10-12,19,26,28-29H,6-9H2. The second kappa shape index (κ2) is 7.32. The van der Waals surface area contributed by atoms with Crippen molar-refractivity contribution in [2.45, 2.75) is 30.8 Å². The van der Waals surface area contributed by atoms with Gasteiger partial charge in [-0.3, -0.25) is 4.90 Å². The van der Waals surface area contributed by atoms with Gasteiger partial charge in [-0.05, 0) is 42.7 Å². The molecule has 4 nitrogen and oxygen atoms in total. The predicted molar refractivity (Wildman–Crippen MR) is 104 cm³/mol. The Bertz CT molecular complexity index is 1030. The second-order valence-corrected chi connectivity index (χ2v) is 7.89. The summed E-state index contributed by atoms with van der Waals surface area (Å²) in [5.41, 5.74) is -0.373. The van der Waals surface area contributed by atoms with Gasteiger partial charge >= 0.3 is 6.18 Å². The summed E-state index contributed by atoms with van der Waals surface area (Å²) in [6, 6.07) is 10.2. The molecule has 8 heteroatoms. The van der Waals surface area contributed by atoms with Gasteiger partial charge in [-0.25, -0.2) is 0 Å². The number of aromatic amines is 1. The molecule has 0 bridgehead atoms. The third-order valence-electron chi connectivity index (χ3n) is 5.65. The van der Waals surface area contributed by atoms with Gasteiger partial charge < -0.3 is 15.2 Å². The molecule has 1 saturated heterocycles. The van der Waals surface area contributed by atoms with Crippen LogP contribution in [0.1, 0.15) is 35.8 Å². The van der Waals surface area contributed by atoms with Crippen LogP contribution in [0.2, 0.25) is 5.02 Å². The fourth-order valence-electron chi connectivity index (χ4n) is 3.94. The van der Waals surface area contributed by atoms with Gasteiger partial charge in [-0.15, -0.1) is 0 Å². The van der Waals surface area contributed by atoms with E-state index in [4.69, 9.17) is 11.6 Å². The number of nitrogens with zero attached hydrogens (tertiary/aromatic N) is 1. The molecule has 1 aromatic heterocycles. The Hall–Kier alpha value is -2.06. The monoisotopic (exact) mass is 424 g/mol. The van der Waals surface area contributed by atoms with Crippen molar-refractivity contribution in [2.75, 3.05) is 13.1 Å². The van der Waals surface area contributed by atoms with Crippen LogP contribution in [0, 0.1) is 0 Å². The molecule has 3 aromatic rings. The third kappa shape index (κ3) is 3.88. The molecule has 0 spiro atoms. The molecular weight excluding hydrogens is 405 g/mol. The maximum absolute atomic E-state index is 13.0. The maximum atomic E-state index is 13.0. The first-order valence-corrected chi connectivity index (χ1v) is 9.64. The highest BCUT2D eigenvalue weighted by atomic mass is 35.5. The van der Waals surface area contributed by atoms with Crippen LogP contribution >= 0.6 is 11.6 Å². The number of alkyl halides is 3. The van der Waals surface area contributed by atoms with E-state index in [1.54, 1.807) is 23.2 Å². The second-order valence-electron chi connectivity index (χ2n) is 7.45. The van der Waals surface area contributed by atoms with E-state index < -0.39 is 23.6 Å². The van der Waals surface area contributed by atoms with Crippen molar-refractivity contribution < 1.29 is 23.4 Å². The zero-order valence-corrected chi connectivity index (χ0v) is 16.1. The van der Waals surface area contributed by atoms with Crippen LogP contribution < -0.4 is 0 Å². The van der Waals surface area contributed by atoms with Crippen molar-refractivity contribution in [3.63, 3.8) is 0 Å². The number of halogens is 4. The molecule has 2 aromatic carbocycles. The zero-order chi connectivity index (χ0) is 20.8. The minimum Gasteiger partial charge on any atom is -0.385 e. The van der Waals surface area contributed by atoms with E-state index in [-0.39, 0.29) is 18.4 Å². The molecule has 3 N–H and O–H groups in total. The Morgan fingerprint density at radius 2 is 1.83 bits per heavy atom. The number of hydrogen-bond donors (Lipinski definition) is 3. The van der Waals surface area contributed by atoms with Crippen molar-refractivity contribution in [1.29, 1.82) is 0 Å². The summed E-state index contributed by atoms with van der Waals surface area (Å²) in [6.07, 6.45) is -3.18. The first kappa shape index (κ1) is 20.2. The molecular formula is C21H20ClF3N2O2. The Balaban J connectivity index is 1.51. The average molecular weight is 425 g/mol. The lowest BCUT2D eigenvalue weighted by molar-refractivity contribution is -0.137. The average Bonchev–Trinajstić information content (AvgIpc) is 3.10. The van der Waals surface area contributed by atoms with Gasteiger partial charge in [-0.1, -0.05) is 29.8 Å². The summed E-state index contributed by atoms with van der Waals surface area (Å²) in [7, 11) is 0. The quantitative estimate of drug-likeness (QED) is 0.565. The highest BCUT2D eigenvalue weighted by Crippen LogP contribution is 2.39. The van der Waals surface area contributed by atoms with Crippen LogP contribution in [-0.2, 0) is 11.8 Å². The van der Waals surface area contributed by atoms with E-state index in [9.17, 15) is 23.4 Å². The fraction of sp³-hybridized carbons (Fsp3) is 0.333. The summed E-state index contributed by atoms with van der Waals surface area (Å²) in [5.74, 6) is 0. The molecule has 1 unspecified atom stereocenters. The Morgan fingerprint density at radius 3 is 2.52 bits per heavy atom. The van der Waals surface area contributed by atoms with E-state index in [0.29, 0.717) is 23.7 Å². The van der Waals surface area contributed by atoms with Gasteiger partial charge in [-0.2, -0.15) is 13.2 Å². The molecule has 4 rings (SSSR count). The molecule has 1 fully saturated rings. The first-order chi connectivity index (χ1) is 13.7. The van der Waals surface area contributed by atoms with Gasteiger partial charge in [0.2, 0.25) is 0 Å². The fourth-order valence-corrected chi connectivity index (χ4v) is 4.12. The first-order valence-electron chi connectivity index (χ1n) is 9.26. The van der Waals surface area contributed by atoms with Crippen molar-refractivity contribution in [3.05, 3.63) is 70.4 Å². The number of fused-ring (bicyclic) bond motifs is 1. The Labute approximate surface area is 170 Å². The van der Waals surface area contributed by atoms with Gasteiger partial charge in [0.05, 0.1) is 11.2 Å². The van der Waals surface area contributed by atoms with Crippen molar-refractivity contribution >= 4 is 22.5 Å². The SMILES string of the molecule is OC(c1c[nH]c2cc(Cl)ccc12)N1CCC(O)(c2cccc(C(F)(F)F)c2)CC1. The van der Waals surface area contributed by atoms with E-state index in [1.807, 2.05) is 6.07 Å². The van der Waals surface area contributed by atoms with E-state index >= 15 is 0 Å². The number of aliphatic hydroxyl groups excluding tert-OH is 1. The topological polar surface area (TPSA) is 59.5 Å². The number of likely N-dealkylation sites (tertiary alicyclic amines) is 1. The van der Waals surface area contributed by atoms with Crippen LogP contribution in [0.15, 0.2) is 48.7 Å². The third-order valence-corrected chi connectivity index (χ3v) is 5.89. The lowest BCUT2D eigenvalue weighted by Gasteiger charge is -2.40. The van der Waals surface area contributed by atoms with Crippen LogP contribution in [0.25, 0.3) is 10.9 Å². The molecule has 2 heterocycles. The van der Waals surface area contributed by atoms with Crippen molar-refractivity contribution in [3.8, 4) is 0 Å². The van der Waals surface area contributed by atoms with Crippen LogP contribution in [0.5, 0.6) is 0 Å². The van der Waals surface area contributed by atoms with Crippen molar-refractivity contribution in [2.24, 2.45) is 0 Å². The van der Waals surface area contributed by atoms with Gasteiger partial charge in [0.1, 0.15) is 6.23 Å². The molecule has 1 atom stereocenters. The van der Waals surface area contributed by atoms with E-state index in [0.717, 1.165) is 23.0 Å².